The van der Waals surface area contributed by atoms with Crippen LogP contribution in [0.15, 0.2) is 18.2 Å². The summed E-state index contributed by atoms with van der Waals surface area (Å²) in [5.41, 5.74) is 0.750. The lowest BCUT2D eigenvalue weighted by Gasteiger charge is -2.09. The molecule has 0 saturated carbocycles. The number of anilines is 1. The Morgan fingerprint density at radius 3 is 2.33 bits per heavy atom. The molecule has 0 saturated heterocycles. The Kier molecular flexibility index (Phi) is 3.88. The highest BCUT2D eigenvalue weighted by Crippen LogP contribution is 2.25. The Bertz CT molecular complexity index is 640. The Labute approximate surface area is 119 Å². The number of benzene rings is 1. The highest BCUT2D eigenvalue weighted by molar-refractivity contribution is 6.22. The number of amides is 2. The van der Waals surface area contributed by atoms with Gasteiger partial charge >= 0.3 is 11.9 Å². The Morgan fingerprint density at radius 2 is 1.71 bits per heavy atom. The lowest BCUT2D eigenvalue weighted by atomic mass is 10.1. The van der Waals surface area contributed by atoms with Gasteiger partial charge in [0.15, 0.2) is 0 Å². The number of nitrogens with zero attached hydrogens (tertiary/aromatic N) is 1. The normalized spacial score (nSPS) is 13.2. The van der Waals surface area contributed by atoms with Crippen LogP contribution in [0.4, 0.5) is 5.69 Å². The van der Waals surface area contributed by atoms with Gasteiger partial charge in [-0.15, -0.1) is 0 Å². The molecule has 0 radical (unpaired) electrons. The van der Waals surface area contributed by atoms with Crippen LogP contribution in [0.1, 0.15) is 27.1 Å². The van der Waals surface area contributed by atoms with Crippen molar-refractivity contribution in [3.8, 4) is 0 Å². The number of hydrogen-bond donors (Lipinski definition) is 3. The SMILES string of the molecule is O=C(O)CCNc1ccc2c(c1)C(=O)N(CC(=O)O)C2=O. The first kappa shape index (κ1) is 14.5. The van der Waals surface area contributed by atoms with Crippen LogP contribution in [0.3, 0.4) is 0 Å². The largest absolute Gasteiger partial charge is 0.481 e. The van der Waals surface area contributed by atoms with Gasteiger partial charge < -0.3 is 15.5 Å². The van der Waals surface area contributed by atoms with E-state index in [0.29, 0.717) is 10.6 Å². The molecule has 1 aromatic carbocycles. The zero-order valence-corrected chi connectivity index (χ0v) is 10.8. The second-order valence-electron chi connectivity index (χ2n) is 4.42. The van der Waals surface area contributed by atoms with Crippen molar-refractivity contribution in [2.45, 2.75) is 6.42 Å². The number of nitrogens with one attached hydrogen (secondary N) is 1. The van der Waals surface area contributed by atoms with E-state index in [1.807, 2.05) is 0 Å². The summed E-state index contributed by atoms with van der Waals surface area (Å²) < 4.78 is 0. The minimum atomic E-state index is -1.27. The summed E-state index contributed by atoms with van der Waals surface area (Å²) in [6, 6.07) is 4.37. The van der Waals surface area contributed by atoms with Crippen LogP contribution in [0.2, 0.25) is 0 Å². The van der Waals surface area contributed by atoms with Crippen molar-refractivity contribution in [2.75, 3.05) is 18.4 Å². The molecule has 1 heterocycles. The molecule has 0 spiro atoms. The number of fused-ring (bicyclic) bond motifs is 1. The summed E-state index contributed by atoms with van der Waals surface area (Å²) in [5, 5.41) is 20.1. The van der Waals surface area contributed by atoms with Gasteiger partial charge in [-0.05, 0) is 18.2 Å². The zero-order chi connectivity index (χ0) is 15.6. The van der Waals surface area contributed by atoms with Gasteiger partial charge in [0.25, 0.3) is 11.8 Å². The van der Waals surface area contributed by atoms with Crippen LogP contribution in [-0.4, -0.2) is 52.0 Å². The number of aliphatic carboxylic acids is 2. The standard InChI is InChI=1S/C13H12N2O6/c16-10(17)3-4-14-7-1-2-8-9(5-7)13(21)15(12(8)20)6-11(18)19/h1-2,5,14H,3-4,6H2,(H,16,17)(H,18,19). The number of hydrogen-bond acceptors (Lipinski definition) is 5. The Hall–Kier alpha value is -2.90. The number of carbonyl (C=O) groups excluding carboxylic acids is 2. The predicted molar refractivity (Wildman–Crippen MR) is 70.2 cm³/mol. The van der Waals surface area contributed by atoms with E-state index >= 15 is 0 Å². The highest BCUT2D eigenvalue weighted by Gasteiger charge is 2.36. The van der Waals surface area contributed by atoms with E-state index in [4.69, 9.17) is 10.2 Å². The third-order valence-corrected chi connectivity index (χ3v) is 2.93. The van der Waals surface area contributed by atoms with E-state index in [2.05, 4.69) is 5.32 Å². The van der Waals surface area contributed by atoms with Gasteiger partial charge in [0.05, 0.1) is 17.5 Å². The second kappa shape index (κ2) is 5.61. The summed E-state index contributed by atoms with van der Waals surface area (Å²) >= 11 is 0. The molecule has 2 rings (SSSR count). The maximum Gasteiger partial charge on any atom is 0.323 e. The van der Waals surface area contributed by atoms with Crippen molar-refractivity contribution in [1.29, 1.82) is 0 Å². The monoisotopic (exact) mass is 292 g/mol. The highest BCUT2D eigenvalue weighted by atomic mass is 16.4. The molecule has 1 aliphatic rings. The fourth-order valence-corrected chi connectivity index (χ4v) is 1.99. The van der Waals surface area contributed by atoms with Crippen molar-refractivity contribution in [3.05, 3.63) is 29.3 Å². The molecular formula is C13H12N2O6. The molecular weight excluding hydrogens is 280 g/mol. The number of imide groups is 1. The maximum atomic E-state index is 12.0. The van der Waals surface area contributed by atoms with Crippen LogP contribution >= 0.6 is 0 Å². The minimum absolute atomic E-state index is 0.0882. The molecule has 0 fully saturated rings. The molecule has 0 atom stereocenters. The molecule has 0 bridgehead atoms. The van der Waals surface area contributed by atoms with E-state index in [1.165, 1.54) is 18.2 Å². The van der Waals surface area contributed by atoms with E-state index in [1.54, 1.807) is 0 Å². The first-order chi connectivity index (χ1) is 9.90. The maximum absolute atomic E-state index is 12.0. The van der Waals surface area contributed by atoms with Crippen LogP contribution in [0.5, 0.6) is 0 Å². The molecule has 1 aromatic rings. The molecule has 2 amide bonds. The second-order valence-corrected chi connectivity index (χ2v) is 4.42. The van der Waals surface area contributed by atoms with Gasteiger partial charge in [0, 0.05) is 12.2 Å². The predicted octanol–water partition coefficient (Wildman–Crippen LogP) is 0.254. The summed E-state index contributed by atoms with van der Waals surface area (Å²) in [5.74, 6) is -3.54. The molecule has 8 heteroatoms. The van der Waals surface area contributed by atoms with Gasteiger partial charge in [-0.1, -0.05) is 0 Å². The lowest BCUT2D eigenvalue weighted by molar-refractivity contribution is -0.138. The van der Waals surface area contributed by atoms with Crippen molar-refractivity contribution in [1.82, 2.24) is 4.90 Å². The smallest absolute Gasteiger partial charge is 0.323 e. The summed E-state index contributed by atoms with van der Waals surface area (Å²) in [4.78, 5) is 45.6. The fraction of sp³-hybridized carbons (Fsp3) is 0.231. The first-order valence-corrected chi connectivity index (χ1v) is 6.08. The average Bonchev–Trinajstić information content (AvgIpc) is 2.63. The molecule has 110 valence electrons. The van der Waals surface area contributed by atoms with Crippen molar-refractivity contribution < 1.29 is 29.4 Å². The van der Waals surface area contributed by atoms with Crippen molar-refractivity contribution >= 4 is 29.4 Å². The quantitative estimate of drug-likeness (QED) is 0.642. The zero-order valence-electron chi connectivity index (χ0n) is 10.8. The van der Waals surface area contributed by atoms with E-state index in [0.717, 1.165) is 0 Å². The first-order valence-electron chi connectivity index (χ1n) is 6.08. The van der Waals surface area contributed by atoms with Gasteiger partial charge in [-0.2, -0.15) is 0 Å². The van der Waals surface area contributed by atoms with Crippen LogP contribution in [0, 0.1) is 0 Å². The number of carboxylic acid groups (broad SMARTS) is 2. The molecule has 3 N–H and O–H groups in total. The van der Waals surface area contributed by atoms with Gasteiger partial charge in [-0.25, -0.2) is 0 Å². The van der Waals surface area contributed by atoms with E-state index in [-0.39, 0.29) is 24.1 Å². The summed E-state index contributed by atoms with van der Waals surface area (Å²) in [7, 11) is 0. The lowest BCUT2D eigenvalue weighted by Crippen LogP contribution is -2.34. The molecule has 0 unspecified atom stereocenters. The van der Waals surface area contributed by atoms with Crippen LogP contribution in [-0.2, 0) is 9.59 Å². The van der Waals surface area contributed by atoms with Gasteiger partial charge in [-0.3, -0.25) is 24.1 Å². The minimum Gasteiger partial charge on any atom is -0.481 e. The van der Waals surface area contributed by atoms with Crippen molar-refractivity contribution in [2.24, 2.45) is 0 Å². The third kappa shape index (κ3) is 2.99. The number of carboxylic acids is 2. The number of rotatable bonds is 6. The fourth-order valence-electron chi connectivity index (χ4n) is 1.99. The molecule has 0 aromatic heterocycles. The molecule has 1 aliphatic heterocycles. The topological polar surface area (TPSA) is 124 Å². The summed E-state index contributed by atoms with van der Waals surface area (Å²) in [6.07, 6.45) is -0.0882. The Morgan fingerprint density at radius 1 is 1.05 bits per heavy atom. The average molecular weight is 292 g/mol. The van der Waals surface area contributed by atoms with Crippen LogP contribution in [0.25, 0.3) is 0 Å². The molecule has 8 nitrogen and oxygen atoms in total. The van der Waals surface area contributed by atoms with E-state index in [9.17, 15) is 19.2 Å². The molecule has 21 heavy (non-hydrogen) atoms. The van der Waals surface area contributed by atoms with E-state index < -0.39 is 30.3 Å². The summed E-state index contributed by atoms with van der Waals surface area (Å²) in [6.45, 7) is -0.511. The molecule has 0 aliphatic carbocycles. The van der Waals surface area contributed by atoms with Crippen LogP contribution < -0.4 is 5.32 Å². The number of carbonyl (C=O) groups is 4. The Balaban J connectivity index is 2.17. The van der Waals surface area contributed by atoms with Crippen molar-refractivity contribution in [3.63, 3.8) is 0 Å². The van der Waals surface area contributed by atoms with Gasteiger partial charge in [0.1, 0.15) is 6.54 Å². The van der Waals surface area contributed by atoms with Gasteiger partial charge in [0.2, 0.25) is 0 Å². The third-order valence-electron chi connectivity index (χ3n) is 2.93.